The van der Waals surface area contributed by atoms with Crippen LogP contribution in [0, 0.1) is 0 Å². The second-order valence-corrected chi connectivity index (χ2v) is 12.4. The average Bonchev–Trinajstić information content (AvgIpc) is 3.41. The molecule has 1 atom stereocenters. The lowest BCUT2D eigenvalue weighted by Crippen LogP contribution is -2.40. The van der Waals surface area contributed by atoms with Crippen LogP contribution >= 0.6 is 11.3 Å². The second kappa shape index (κ2) is 14.1. The van der Waals surface area contributed by atoms with Crippen LogP contribution in [0.5, 0.6) is 11.5 Å². The van der Waals surface area contributed by atoms with Crippen molar-refractivity contribution in [3.8, 4) is 11.5 Å². The third-order valence-electron chi connectivity index (χ3n) is 8.02. The van der Waals surface area contributed by atoms with Crippen molar-refractivity contribution in [3.63, 3.8) is 0 Å². The summed E-state index contributed by atoms with van der Waals surface area (Å²) in [6, 6.07) is 32.4. The molecule has 47 heavy (non-hydrogen) atoms. The van der Waals surface area contributed by atoms with Gasteiger partial charge >= 0.3 is 5.97 Å². The van der Waals surface area contributed by atoms with E-state index in [0.717, 1.165) is 27.8 Å². The molecule has 0 amide bonds. The number of rotatable bonds is 10. The zero-order chi connectivity index (χ0) is 32.9. The predicted molar refractivity (Wildman–Crippen MR) is 185 cm³/mol. The highest BCUT2D eigenvalue weighted by atomic mass is 32.1. The summed E-state index contributed by atoms with van der Waals surface area (Å²) >= 11 is 1.28. The summed E-state index contributed by atoms with van der Waals surface area (Å²) in [5.41, 5.74) is 5.13. The maximum atomic E-state index is 14.3. The van der Waals surface area contributed by atoms with E-state index < -0.39 is 12.0 Å². The van der Waals surface area contributed by atoms with Gasteiger partial charge in [-0.2, -0.15) is 0 Å². The average molecular weight is 645 g/mol. The fourth-order valence-corrected chi connectivity index (χ4v) is 6.60. The third kappa shape index (κ3) is 6.69. The molecule has 0 unspecified atom stereocenters. The zero-order valence-electron chi connectivity index (χ0n) is 26.8. The van der Waals surface area contributed by atoms with Gasteiger partial charge in [0, 0.05) is 5.56 Å². The molecule has 8 heteroatoms. The fraction of sp³-hybridized carbons (Fsp3) is 0.205. The molecule has 2 heterocycles. The van der Waals surface area contributed by atoms with Crippen molar-refractivity contribution in [1.82, 2.24) is 4.57 Å². The number of carbonyl (C=O) groups is 1. The molecule has 238 valence electrons. The minimum absolute atomic E-state index is 0.195. The maximum absolute atomic E-state index is 14.3. The first-order valence-corrected chi connectivity index (χ1v) is 16.4. The van der Waals surface area contributed by atoms with Crippen LogP contribution in [0.4, 0.5) is 0 Å². The van der Waals surface area contributed by atoms with Crippen LogP contribution in [0.1, 0.15) is 60.5 Å². The Kier molecular flexibility index (Phi) is 9.50. The molecule has 0 radical (unpaired) electrons. The summed E-state index contributed by atoms with van der Waals surface area (Å²) in [6.45, 7) is 6.63. The number of esters is 1. The SMILES string of the molecule is CCOC(=O)C1=C(c2ccccc2)N=c2s/c(=C\c3ccc(OCc4ccccc4)c(OC)c3)c(=O)n2[C@H]1c1ccc(C(C)C)cc1. The van der Waals surface area contributed by atoms with Gasteiger partial charge in [-0.25, -0.2) is 9.79 Å². The van der Waals surface area contributed by atoms with Crippen molar-refractivity contribution < 1.29 is 19.0 Å². The first-order valence-electron chi connectivity index (χ1n) is 15.6. The Morgan fingerprint density at radius 2 is 1.64 bits per heavy atom. The number of hydrogen-bond acceptors (Lipinski definition) is 7. The van der Waals surface area contributed by atoms with E-state index in [9.17, 15) is 9.59 Å². The molecule has 5 aromatic rings. The lowest BCUT2D eigenvalue weighted by Gasteiger charge is -2.26. The lowest BCUT2D eigenvalue weighted by molar-refractivity contribution is -0.138. The van der Waals surface area contributed by atoms with E-state index in [2.05, 4.69) is 26.0 Å². The maximum Gasteiger partial charge on any atom is 0.338 e. The molecule has 1 aliphatic heterocycles. The molecule has 4 aromatic carbocycles. The molecule has 7 nitrogen and oxygen atoms in total. The Bertz CT molecular complexity index is 2100. The van der Waals surface area contributed by atoms with Crippen LogP contribution in [-0.4, -0.2) is 24.3 Å². The van der Waals surface area contributed by atoms with Crippen LogP contribution in [0.25, 0.3) is 11.8 Å². The van der Waals surface area contributed by atoms with Crippen molar-refractivity contribution in [1.29, 1.82) is 0 Å². The highest BCUT2D eigenvalue weighted by Crippen LogP contribution is 2.36. The van der Waals surface area contributed by atoms with E-state index in [1.807, 2.05) is 97.1 Å². The molecule has 0 bridgehead atoms. The zero-order valence-corrected chi connectivity index (χ0v) is 27.6. The van der Waals surface area contributed by atoms with Crippen LogP contribution in [0.2, 0.25) is 0 Å². The number of nitrogens with zero attached hydrogens (tertiary/aromatic N) is 2. The Hall–Kier alpha value is -5.21. The van der Waals surface area contributed by atoms with Crippen LogP contribution in [-0.2, 0) is 16.1 Å². The molecule has 1 aliphatic rings. The van der Waals surface area contributed by atoms with Gasteiger partial charge in [0.1, 0.15) is 6.61 Å². The van der Waals surface area contributed by atoms with Gasteiger partial charge in [0.2, 0.25) is 0 Å². The van der Waals surface area contributed by atoms with Crippen molar-refractivity contribution in [2.45, 2.75) is 39.3 Å². The summed E-state index contributed by atoms with van der Waals surface area (Å²) in [5.74, 6) is 0.990. The summed E-state index contributed by atoms with van der Waals surface area (Å²) in [5, 5.41) is 0. The number of methoxy groups -OCH3 is 1. The minimum Gasteiger partial charge on any atom is -0.493 e. The highest BCUT2D eigenvalue weighted by Gasteiger charge is 2.35. The number of hydrogen-bond donors (Lipinski definition) is 0. The van der Waals surface area contributed by atoms with Crippen molar-refractivity contribution in [2.75, 3.05) is 13.7 Å². The Morgan fingerprint density at radius 3 is 2.30 bits per heavy atom. The standard InChI is InChI=1S/C39H36N2O5S/c1-5-45-38(43)34-35(29-14-10-7-11-15-29)40-39-41(36(34)30-19-17-28(18-20-30)25(2)3)37(42)33(47-39)23-27-16-21-31(32(22-27)44-4)46-24-26-12-8-6-9-13-26/h6-23,25,36H,5,24H2,1-4H3/b33-23-/t36-/m0/s1. The molecule has 6 rings (SSSR count). The van der Waals surface area contributed by atoms with Crippen molar-refractivity contribution >= 4 is 29.1 Å². The number of aromatic nitrogens is 1. The number of ether oxygens (including phenoxy) is 3. The highest BCUT2D eigenvalue weighted by molar-refractivity contribution is 7.07. The Balaban J connectivity index is 1.48. The van der Waals surface area contributed by atoms with Crippen molar-refractivity contribution in [3.05, 3.63) is 156 Å². The molecule has 1 aromatic heterocycles. The van der Waals surface area contributed by atoms with Gasteiger partial charge < -0.3 is 14.2 Å². The van der Waals surface area contributed by atoms with Gasteiger partial charge in [-0.05, 0) is 53.3 Å². The van der Waals surface area contributed by atoms with Gasteiger partial charge in [0.15, 0.2) is 16.3 Å². The van der Waals surface area contributed by atoms with Gasteiger partial charge in [0.25, 0.3) is 5.56 Å². The van der Waals surface area contributed by atoms with Crippen LogP contribution < -0.4 is 24.4 Å². The molecule has 0 aliphatic carbocycles. The summed E-state index contributed by atoms with van der Waals surface area (Å²) in [6.07, 6.45) is 1.82. The van der Waals surface area contributed by atoms with Gasteiger partial charge in [-0.1, -0.05) is 116 Å². The monoisotopic (exact) mass is 644 g/mol. The largest absolute Gasteiger partial charge is 0.493 e. The molecule has 0 N–H and O–H groups in total. The number of carbonyl (C=O) groups excluding carboxylic acids is 1. The summed E-state index contributed by atoms with van der Waals surface area (Å²) < 4.78 is 19.4. The summed E-state index contributed by atoms with van der Waals surface area (Å²) in [4.78, 5) is 33.4. The number of thiazole rings is 1. The number of benzene rings is 4. The van der Waals surface area contributed by atoms with Gasteiger partial charge in [-0.3, -0.25) is 9.36 Å². The molecule has 0 saturated carbocycles. The fourth-order valence-electron chi connectivity index (χ4n) is 5.60. The second-order valence-electron chi connectivity index (χ2n) is 11.4. The van der Waals surface area contributed by atoms with Crippen LogP contribution in [0.15, 0.2) is 118 Å². The van der Waals surface area contributed by atoms with E-state index >= 15 is 0 Å². The topological polar surface area (TPSA) is 79.1 Å². The molecular formula is C39H36N2O5S. The van der Waals surface area contributed by atoms with E-state index in [1.165, 1.54) is 11.3 Å². The lowest BCUT2D eigenvalue weighted by atomic mass is 9.91. The van der Waals surface area contributed by atoms with E-state index in [1.54, 1.807) is 18.6 Å². The summed E-state index contributed by atoms with van der Waals surface area (Å²) in [7, 11) is 1.59. The van der Waals surface area contributed by atoms with Gasteiger partial charge in [-0.15, -0.1) is 0 Å². The number of fused-ring (bicyclic) bond motifs is 1. The minimum atomic E-state index is -0.729. The smallest absolute Gasteiger partial charge is 0.338 e. The predicted octanol–water partition coefficient (Wildman–Crippen LogP) is 6.65. The Morgan fingerprint density at radius 1 is 0.936 bits per heavy atom. The van der Waals surface area contributed by atoms with E-state index in [-0.39, 0.29) is 12.2 Å². The molecule has 0 saturated heterocycles. The first-order chi connectivity index (χ1) is 22.9. The van der Waals surface area contributed by atoms with Gasteiger partial charge in [0.05, 0.1) is 35.6 Å². The van der Waals surface area contributed by atoms with E-state index in [4.69, 9.17) is 19.2 Å². The normalized spacial score (nSPS) is 14.5. The molecule has 0 fully saturated rings. The molecule has 0 spiro atoms. The van der Waals surface area contributed by atoms with E-state index in [0.29, 0.717) is 44.6 Å². The van der Waals surface area contributed by atoms with Crippen molar-refractivity contribution in [2.24, 2.45) is 4.99 Å². The third-order valence-corrected chi connectivity index (χ3v) is 9.00. The first kappa shape index (κ1) is 31.8. The Labute approximate surface area is 277 Å². The van der Waals surface area contributed by atoms with Crippen LogP contribution in [0.3, 0.4) is 0 Å². The molecular weight excluding hydrogens is 609 g/mol. The quantitative estimate of drug-likeness (QED) is 0.159.